The molecule has 0 amide bonds. The summed E-state index contributed by atoms with van der Waals surface area (Å²) in [6, 6.07) is 10.7. The minimum Gasteiger partial charge on any atom is -0.341 e. The topological polar surface area (TPSA) is 46.8 Å². The molecule has 0 spiro atoms. The van der Waals surface area contributed by atoms with Crippen molar-refractivity contribution in [2.75, 3.05) is 18.0 Å². The van der Waals surface area contributed by atoms with Gasteiger partial charge in [-0.2, -0.15) is 23.3 Å². The van der Waals surface area contributed by atoms with Crippen LogP contribution in [0.3, 0.4) is 0 Å². The number of fused-ring (bicyclic) bond motifs is 1. The molecular formula is C26H28F5N5. The number of nitrogens with zero attached hydrogens (tertiary/aromatic N) is 5. The lowest BCUT2D eigenvalue weighted by Gasteiger charge is -2.30. The number of hydrogen-bond acceptors (Lipinski definition) is 4. The Hall–Kier alpha value is -3.56. The molecule has 0 bridgehead atoms. The average molecular weight is 506 g/mol. The molecule has 2 aromatic heterocycles. The van der Waals surface area contributed by atoms with Gasteiger partial charge in [0.1, 0.15) is 17.3 Å². The van der Waals surface area contributed by atoms with Gasteiger partial charge < -0.3 is 4.90 Å². The van der Waals surface area contributed by atoms with E-state index >= 15 is 0 Å². The smallest absolute Gasteiger partial charge is 0.341 e. The molecule has 5 rings (SSSR count). The number of benzene rings is 2. The summed E-state index contributed by atoms with van der Waals surface area (Å²) in [7, 11) is 1.55. The molecule has 0 atom stereocenters. The summed E-state index contributed by atoms with van der Waals surface area (Å²) in [4.78, 5) is 10.5. The number of halogens is 5. The Morgan fingerprint density at radius 3 is 2.08 bits per heavy atom. The minimum atomic E-state index is -4.96. The molecule has 0 saturated carbocycles. The highest BCUT2D eigenvalue weighted by Crippen LogP contribution is 2.39. The first-order chi connectivity index (χ1) is 17.1. The second-order valence-electron chi connectivity index (χ2n) is 8.10. The van der Waals surface area contributed by atoms with E-state index in [1.165, 1.54) is 16.4 Å². The molecule has 1 fully saturated rings. The number of alkyl halides is 3. The molecule has 3 heterocycles. The van der Waals surface area contributed by atoms with Crippen molar-refractivity contribution in [3.05, 3.63) is 70.9 Å². The van der Waals surface area contributed by atoms with E-state index in [1.807, 2.05) is 36.9 Å². The Kier molecular flexibility index (Phi) is 8.27. The summed E-state index contributed by atoms with van der Waals surface area (Å²) in [6.45, 7) is 8.68. The first-order valence-corrected chi connectivity index (χ1v) is 11.6. The first-order valence-electron chi connectivity index (χ1n) is 11.6. The SMILES string of the molecule is CC.Cc1c(F)c(-c2nn(C)c3nc(N4CCC4)ncc23)cc(C(F)(F)F)c1F.Cc1ccccc1. The number of hydrogen-bond donors (Lipinski definition) is 0. The van der Waals surface area contributed by atoms with Crippen molar-refractivity contribution >= 4 is 17.0 Å². The molecule has 1 aliphatic heterocycles. The molecule has 1 aliphatic rings. The standard InChI is InChI=1S/C17H14F5N5.C7H8.C2H6/c1-8-12(18)9(6-11(13(8)19)17(20,21)22)14-10-7-23-16(27-4-3-5-27)24-15(10)26(2)25-14;1-7-5-3-2-4-6-7;1-2/h6-7H,3-5H2,1-2H3;2-6H,1H3;1-2H3. The van der Waals surface area contributed by atoms with Gasteiger partial charge in [0.05, 0.1) is 10.9 Å². The quantitative estimate of drug-likeness (QED) is 0.279. The van der Waals surface area contributed by atoms with Gasteiger partial charge in [0.15, 0.2) is 5.65 Å². The van der Waals surface area contributed by atoms with Gasteiger partial charge in [-0.3, -0.25) is 0 Å². The Balaban J connectivity index is 0.000000342. The molecule has 4 aromatic rings. The molecule has 192 valence electrons. The summed E-state index contributed by atoms with van der Waals surface area (Å²) < 4.78 is 69.3. The molecule has 0 N–H and O–H groups in total. The van der Waals surface area contributed by atoms with E-state index in [-0.39, 0.29) is 5.69 Å². The molecule has 5 nitrogen and oxygen atoms in total. The van der Waals surface area contributed by atoms with Gasteiger partial charge in [0, 0.05) is 37.5 Å². The van der Waals surface area contributed by atoms with Crippen LogP contribution in [0.15, 0.2) is 42.6 Å². The van der Waals surface area contributed by atoms with Crippen LogP contribution in [0, 0.1) is 25.5 Å². The van der Waals surface area contributed by atoms with E-state index in [9.17, 15) is 22.0 Å². The lowest BCUT2D eigenvalue weighted by atomic mass is 10.0. The van der Waals surface area contributed by atoms with Crippen LogP contribution in [0.1, 0.15) is 37.0 Å². The van der Waals surface area contributed by atoms with Crippen LogP contribution in [-0.2, 0) is 13.2 Å². The van der Waals surface area contributed by atoms with Crippen LogP contribution >= 0.6 is 0 Å². The monoisotopic (exact) mass is 505 g/mol. The van der Waals surface area contributed by atoms with E-state index < -0.39 is 34.5 Å². The van der Waals surface area contributed by atoms with Gasteiger partial charge in [-0.1, -0.05) is 49.7 Å². The summed E-state index contributed by atoms with van der Waals surface area (Å²) in [5.74, 6) is -2.23. The normalized spacial score (nSPS) is 12.9. The summed E-state index contributed by atoms with van der Waals surface area (Å²) in [6.07, 6.45) is -2.52. The zero-order chi connectivity index (χ0) is 26.6. The Bertz CT molecular complexity index is 1330. The Morgan fingerprint density at radius 1 is 0.944 bits per heavy atom. The third kappa shape index (κ3) is 5.47. The lowest BCUT2D eigenvalue weighted by Crippen LogP contribution is -2.38. The van der Waals surface area contributed by atoms with Crippen LogP contribution in [0.4, 0.5) is 27.9 Å². The van der Waals surface area contributed by atoms with Crippen molar-refractivity contribution in [2.24, 2.45) is 7.05 Å². The third-order valence-electron chi connectivity index (χ3n) is 5.63. The molecule has 10 heteroatoms. The molecule has 36 heavy (non-hydrogen) atoms. The van der Waals surface area contributed by atoms with Gasteiger partial charge in [-0.05, 0) is 26.3 Å². The van der Waals surface area contributed by atoms with Crippen molar-refractivity contribution < 1.29 is 22.0 Å². The van der Waals surface area contributed by atoms with E-state index in [1.54, 1.807) is 7.05 Å². The van der Waals surface area contributed by atoms with Crippen LogP contribution in [-0.4, -0.2) is 32.8 Å². The number of aryl methyl sites for hydroxylation is 2. The zero-order valence-electron chi connectivity index (χ0n) is 20.8. The van der Waals surface area contributed by atoms with E-state index in [0.717, 1.165) is 26.4 Å². The van der Waals surface area contributed by atoms with Gasteiger partial charge in [-0.15, -0.1) is 0 Å². The van der Waals surface area contributed by atoms with Crippen molar-refractivity contribution in [3.8, 4) is 11.3 Å². The fraction of sp³-hybridized carbons (Fsp3) is 0.346. The summed E-state index contributed by atoms with van der Waals surface area (Å²) in [5.41, 5.74) is -1.06. The fourth-order valence-corrected chi connectivity index (χ4v) is 3.58. The minimum absolute atomic E-state index is 0.0613. The second-order valence-corrected chi connectivity index (χ2v) is 8.10. The molecular weight excluding hydrogens is 477 g/mol. The highest BCUT2D eigenvalue weighted by atomic mass is 19.4. The van der Waals surface area contributed by atoms with Crippen LogP contribution in [0.2, 0.25) is 0 Å². The fourth-order valence-electron chi connectivity index (χ4n) is 3.58. The van der Waals surface area contributed by atoms with Gasteiger partial charge in [-0.25, -0.2) is 18.4 Å². The summed E-state index contributed by atoms with van der Waals surface area (Å²) >= 11 is 0. The van der Waals surface area contributed by atoms with Gasteiger partial charge in [0.25, 0.3) is 0 Å². The number of anilines is 1. The predicted octanol–water partition coefficient (Wildman–Crippen LogP) is 6.87. The number of aromatic nitrogens is 4. The maximum absolute atomic E-state index is 14.6. The molecule has 0 aliphatic carbocycles. The van der Waals surface area contributed by atoms with Crippen molar-refractivity contribution in [1.82, 2.24) is 19.7 Å². The molecule has 0 radical (unpaired) electrons. The van der Waals surface area contributed by atoms with E-state index in [2.05, 4.69) is 34.1 Å². The highest BCUT2D eigenvalue weighted by molar-refractivity contribution is 5.91. The Labute approximate surface area is 206 Å². The van der Waals surface area contributed by atoms with Gasteiger partial charge >= 0.3 is 6.18 Å². The van der Waals surface area contributed by atoms with Crippen molar-refractivity contribution in [2.45, 2.75) is 40.3 Å². The zero-order valence-corrected chi connectivity index (χ0v) is 20.8. The van der Waals surface area contributed by atoms with Gasteiger partial charge in [0.2, 0.25) is 5.95 Å². The maximum Gasteiger partial charge on any atom is 0.419 e. The largest absolute Gasteiger partial charge is 0.419 e. The Morgan fingerprint density at radius 2 is 1.58 bits per heavy atom. The first kappa shape index (κ1) is 27.0. The number of rotatable bonds is 2. The van der Waals surface area contributed by atoms with Crippen LogP contribution < -0.4 is 4.90 Å². The van der Waals surface area contributed by atoms with Crippen LogP contribution in [0.5, 0.6) is 0 Å². The molecule has 1 saturated heterocycles. The maximum atomic E-state index is 14.6. The van der Waals surface area contributed by atoms with E-state index in [0.29, 0.717) is 23.0 Å². The summed E-state index contributed by atoms with van der Waals surface area (Å²) in [5, 5.41) is 4.42. The predicted molar refractivity (Wildman–Crippen MR) is 131 cm³/mol. The average Bonchev–Trinajstić information content (AvgIpc) is 3.14. The highest BCUT2D eigenvalue weighted by Gasteiger charge is 2.37. The molecule has 0 unspecified atom stereocenters. The second kappa shape index (κ2) is 11.0. The van der Waals surface area contributed by atoms with Crippen molar-refractivity contribution in [1.29, 1.82) is 0 Å². The van der Waals surface area contributed by atoms with Crippen molar-refractivity contribution in [3.63, 3.8) is 0 Å². The van der Waals surface area contributed by atoms with E-state index in [4.69, 9.17) is 0 Å². The molecule has 2 aromatic carbocycles. The lowest BCUT2D eigenvalue weighted by molar-refractivity contribution is -0.140. The van der Waals surface area contributed by atoms with Crippen LogP contribution in [0.25, 0.3) is 22.3 Å². The third-order valence-corrected chi connectivity index (χ3v) is 5.63.